The van der Waals surface area contributed by atoms with Crippen molar-refractivity contribution in [1.29, 1.82) is 0 Å². The second-order valence-electron chi connectivity index (χ2n) is 9.20. The highest BCUT2D eigenvalue weighted by molar-refractivity contribution is 6.22. The van der Waals surface area contributed by atoms with Crippen LogP contribution in [0.1, 0.15) is 27.1 Å². The van der Waals surface area contributed by atoms with Crippen molar-refractivity contribution >= 4 is 34.9 Å². The van der Waals surface area contributed by atoms with Gasteiger partial charge in [0.15, 0.2) is 12.4 Å². The standard InChI is InChI=1S/C29H26FN3O5/c30-22-8-12-23(13-9-22)31-14-16-32(17-15-31)25-18-27(35)33(28(25)36)24-10-6-21(7-11-24)29(37)38-19-26(34)20-4-2-1-3-5-20/h1-13,25H,14-19H2. The number of hydrogen-bond donors (Lipinski definition) is 0. The van der Waals surface area contributed by atoms with Gasteiger partial charge in [0.2, 0.25) is 5.91 Å². The first-order valence-electron chi connectivity index (χ1n) is 12.4. The maximum Gasteiger partial charge on any atom is 0.338 e. The fraction of sp³-hybridized carbons (Fsp3) is 0.241. The number of Topliss-reactive ketones (excluding diaryl/α,β-unsaturated/α-hetero) is 1. The third kappa shape index (κ3) is 5.33. The average Bonchev–Trinajstić information content (AvgIpc) is 3.26. The fourth-order valence-electron chi connectivity index (χ4n) is 4.78. The van der Waals surface area contributed by atoms with Crippen LogP contribution in [-0.2, 0) is 14.3 Å². The zero-order chi connectivity index (χ0) is 26.6. The Balaban J connectivity index is 1.17. The lowest BCUT2D eigenvalue weighted by Gasteiger charge is -2.38. The van der Waals surface area contributed by atoms with E-state index in [2.05, 4.69) is 4.90 Å². The summed E-state index contributed by atoms with van der Waals surface area (Å²) in [5, 5.41) is 0. The van der Waals surface area contributed by atoms with Crippen LogP contribution in [0.15, 0.2) is 78.9 Å². The molecule has 2 aliphatic rings. The summed E-state index contributed by atoms with van der Waals surface area (Å²) in [5.74, 6) is -1.87. The molecule has 8 nitrogen and oxygen atoms in total. The summed E-state index contributed by atoms with van der Waals surface area (Å²) in [6, 6.07) is 20.3. The molecule has 3 aromatic rings. The van der Waals surface area contributed by atoms with Crippen molar-refractivity contribution < 1.29 is 28.3 Å². The number of amides is 2. The summed E-state index contributed by atoms with van der Waals surface area (Å²) in [5.41, 5.74) is 1.96. The molecule has 194 valence electrons. The van der Waals surface area contributed by atoms with E-state index in [0.29, 0.717) is 37.4 Å². The molecule has 38 heavy (non-hydrogen) atoms. The molecule has 0 aliphatic carbocycles. The number of imide groups is 1. The zero-order valence-electron chi connectivity index (χ0n) is 20.6. The molecule has 1 unspecified atom stereocenters. The molecule has 2 fully saturated rings. The van der Waals surface area contributed by atoms with Crippen LogP contribution in [-0.4, -0.2) is 67.3 Å². The van der Waals surface area contributed by atoms with Gasteiger partial charge in [-0.25, -0.2) is 14.1 Å². The van der Waals surface area contributed by atoms with E-state index in [0.717, 1.165) is 10.6 Å². The van der Waals surface area contributed by atoms with Gasteiger partial charge in [-0.1, -0.05) is 30.3 Å². The van der Waals surface area contributed by atoms with Gasteiger partial charge in [0, 0.05) is 37.4 Å². The predicted molar refractivity (Wildman–Crippen MR) is 139 cm³/mol. The van der Waals surface area contributed by atoms with E-state index in [1.54, 1.807) is 42.5 Å². The van der Waals surface area contributed by atoms with Gasteiger partial charge in [0.1, 0.15) is 5.82 Å². The molecule has 1 atom stereocenters. The number of benzene rings is 3. The zero-order valence-corrected chi connectivity index (χ0v) is 20.6. The molecule has 0 N–H and O–H groups in total. The number of anilines is 2. The van der Waals surface area contributed by atoms with Gasteiger partial charge in [-0.05, 0) is 48.5 Å². The summed E-state index contributed by atoms with van der Waals surface area (Å²) in [6.45, 7) is 2.13. The van der Waals surface area contributed by atoms with Gasteiger partial charge in [0.25, 0.3) is 5.91 Å². The average molecular weight is 516 g/mol. The summed E-state index contributed by atoms with van der Waals surface area (Å²) < 4.78 is 18.4. The minimum absolute atomic E-state index is 0.0841. The fourth-order valence-corrected chi connectivity index (χ4v) is 4.78. The van der Waals surface area contributed by atoms with E-state index in [1.807, 2.05) is 4.90 Å². The smallest absolute Gasteiger partial charge is 0.338 e. The van der Waals surface area contributed by atoms with Crippen molar-refractivity contribution in [3.05, 3.63) is 95.8 Å². The summed E-state index contributed by atoms with van der Waals surface area (Å²) in [4.78, 5) is 55.9. The lowest BCUT2D eigenvalue weighted by molar-refractivity contribution is -0.123. The van der Waals surface area contributed by atoms with Crippen molar-refractivity contribution in [3.63, 3.8) is 0 Å². The molecular formula is C29H26FN3O5. The van der Waals surface area contributed by atoms with Crippen molar-refractivity contribution in [1.82, 2.24) is 4.90 Å². The Bertz CT molecular complexity index is 1340. The second kappa shape index (κ2) is 10.9. The van der Waals surface area contributed by atoms with E-state index in [1.165, 1.54) is 36.4 Å². The Morgan fingerprint density at radius 3 is 2.08 bits per heavy atom. The summed E-state index contributed by atoms with van der Waals surface area (Å²) in [7, 11) is 0. The molecule has 9 heteroatoms. The highest BCUT2D eigenvalue weighted by Gasteiger charge is 2.43. The van der Waals surface area contributed by atoms with Crippen molar-refractivity contribution in [2.45, 2.75) is 12.5 Å². The first kappa shape index (κ1) is 25.3. The minimum atomic E-state index is -0.670. The SMILES string of the molecule is O=C(COC(=O)c1ccc(N2C(=O)CC(N3CCN(c4ccc(F)cc4)CC3)C2=O)cc1)c1ccccc1. The van der Waals surface area contributed by atoms with Crippen LogP contribution in [0.4, 0.5) is 15.8 Å². The van der Waals surface area contributed by atoms with Crippen molar-refractivity contribution in [3.8, 4) is 0 Å². The molecule has 2 heterocycles. The predicted octanol–water partition coefficient (Wildman–Crippen LogP) is 3.32. The Kier molecular flexibility index (Phi) is 7.28. The quantitative estimate of drug-likeness (QED) is 0.271. The summed E-state index contributed by atoms with van der Waals surface area (Å²) in [6.07, 6.45) is 0.0841. The first-order chi connectivity index (χ1) is 18.4. The van der Waals surface area contributed by atoms with Crippen molar-refractivity contribution in [2.24, 2.45) is 0 Å². The van der Waals surface area contributed by atoms with Crippen LogP contribution in [0.25, 0.3) is 0 Å². The van der Waals surface area contributed by atoms with Crippen LogP contribution in [0.5, 0.6) is 0 Å². The van der Waals surface area contributed by atoms with Gasteiger partial charge in [0.05, 0.1) is 23.7 Å². The van der Waals surface area contributed by atoms with Gasteiger partial charge in [-0.15, -0.1) is 0 Å². The Morgan fingerprint density at radius 1 is 0.789 bits per heavy atom. The molecule has 2 aliphatic heterocycles. The van der Waals surface area contributed by atoms with Crippen LogP contribution in [0.3, 0.4) is 0 Å². The molecule has 2 amide bonds. The molecule has 2 saturated heterocycles. The molecule has 0 spiro atoms. The van der Waals surface area contributed by atoms with E-state index >= 15 is 0 Å². The molecule has 0 bridgehead atoms. The molecule has 0 radical (unpaired) electrons. The molecule has 3 aromatic carbocycles. The Hall–Kier alpha value is -4.37. The van der Waals surface area contributed by atoms with E-state index in [4.69, 9.17) is 4.74 Å². The number of esters is 1. The monoisotopic (exact) mass is 515 g/mol. The number of piperazine rings is 1. The Morgan fingerprint density at radius 2 is 1.42 bits per heavy atom. The minimum Gasteiger partial charge on any atom is -0.454 e. The number of nitrogens with zero attached hydrogens (tertiary/aromatic N) is 3. The third-order valence-corrected chi connectivity index (χ3v) is 6.86. The number of rotatable bonds is 7. The van der Waals surface area contributed by atoms with Crippen LogP contribution in [0.2, 0.25) is 0 Å². The normalized spacial score (nSPS) is 18.1. The van der Waals surface area contributed by atoms with Crippen LogP contribution in [0, 0.1) is 5.82 Å². The van der Waals surface area contributed by atoms with Crippen molar-refractivity contribution in [2.75, 3.05) is 42.6 Å². The van der Waals surface area contributed by atoms with E-state index in [-0.39, 0.29) is 42.0 Å². The van der Waals surface area contributed by atoms with Gasteiger partial charge < -0.3 is 9.64 Å². The molecular weight excluding hydrogens is 489 g/mol. The maximum absolute atomic E-state index is 13.2. The second-order valence-corrected chi connectivity index (χ2v) is 9.20. The van der Waals surface area contributed by atoms with Gasteiger partial charge in [-0.3, -0.25) is 19.3 Å². The van der Waals surface area contributed by atoms with E-state index in [9.17, 15) is 23.6 Å². The van der Waals surface area contributed by atoms with Crippen LogP contribution >= 0.6 is 0 Å². The van der Waals surface area contributed by atoms with Gasteiger partial charge in [-0.2, -0.15) is 0 Å². The Labute approximate surface area is 219 Å². The number of halogens is 1. The number of ether oxygens (including phenoxy) is 1. The number of carbonyl (C=O) groups is 4. The topological polar surface area (TPSA) is 87.2 Å². The lowest BCUT2D eigenvalue weighted by Crippen LogP contribution is -2.52. The lowest BCUT2D eigenvalue weighted by atomic mass is 10.1. The third-order valence-electron chi connectivity index (χ3n) is 6.86. The highest BCUT2D eigenvalue weighted by atomic mass is 19.1. The molecule has 0 aromatic heterocycles. The first-order valence-corrected chi connectivity index (χ1v) is 12.4. The number of carbonyl (C=O) groups excluding carboxylic acids is 4. The highest BCUT2D eigenvalue weighted by Crippen LogP contribution is 2.27. The van der Waals surface area contributed by atoms with Gasteiger partial charge >= 0.3 is 5.97 Å². The maximum atomic E-state index is 13.2. The van der Waals surface area contributed by atoms with E-state index < -0.39 is 12.0 Å². The number of ketones is 1. The molecule has 5 rings (SSSR count). The number of hydrogen-bond acceptors (Lipinski definition) is 7. The largest absolute Gasteiger partial charge is 0.454 e. The molecule has 0 saturated carbocycles. The van der Waals surface area contributed by atoms with Crippen LogP contribution < -0.4 is 9.80 Å². The summed E-state index contributed by atoms with van der Waals surface area (Å²) >= 11 is 0.